The van der Waals surface area contributed by atoms with Crippen molar-refractivity contribution in [3.63, 3.8) is 0 Å². The number of rotatable bonds is 8. The van der Waals surface area contributed by atoms with Gasteiger partial charge in [-0.2, -0.15) is 0 Å². The summed E-state index contributed by atoms with van der Waals surface area (Å²) in [4.78, 5) is 17.4. The Labute approximate surface area is 162 Å². The fourth-order valence-electron chi connectivity index (χ4n) is 3.00. The molecule has 0 radical (unpaired) electrons. The Morgan fingerprint density at radius 3 is 2.75 bits per heavy atom. The first-order valence-electron chi connectivity index (χ1n) is 8.83. The number of aromatic nitrogens is 2. The number of ether oxygens (including phenoxy) is 1. The summed E-state index contributed by atoms with van der Waals surface area (Å²) in [6, 6.07) is 12.3. The number of halogens is 2. The maximum Gasteiger partial charge on any atom is 0.272 e. The molecule has 5 nitrogen and oxygen atoms in total. The summed E-state index contributed by atoms with van der Waals surface area (Å²) in [5, 5.41) is 0. The van der Waals surface area contributed by atoms with Crippen molar-refractivity contribution in [2.45, 2.75) is 26.3 Å². The van der Waals surface area contributed by atoms with E-state index in [4.69, 9.17) is 4.74 Å². The molecule has 28 heavy (non-hydrogen) atoms. The van der Waals surface area contributed by atoms with Gasteiger partial charge in [0.25, 0.3) is 6.43 Å². The molecule has 7 heteroatoms. The predicted molar refractivity (Wildman–Crippen MR) is 103 cm³/mol. The smallest absolute Gasteiger partial charge is 0.272 e. The van der Waals surface area contributed by atoms with Crippen LogP contribution in [0.3, 0.4) is 0 Å². The van der Waals surface area contributed by atoms with Gasteiger partial charge in [-0.05, 0) is 43.2 Å². The van der Waals surface area contributed by atoms with Crippen LogP contribution in [-0.2, 0) is 4.79 Å². The van der Waals surface area contributed by atoms with Crippen molar-refractivity contribution in [1.29, 1.82) is 0 Å². The molecule has 1 heterocycles. The van der Waals surface area contributed by atoms with Gasteiger partial charge in [0.15, 0.2) is 0 Å². The first kappa shape index (κ1) is 19.5. The molecule has 1 amide bonds. The quantitative estimate of drug-likeness (QED) is 0.535. The predicted octanol–water partition coefficient (Wildman–Crippen LogP) is 4.55. The van der Waals surface area contributed by atoms with Gasteiger partial charge in [0.1, 0.15) is 12.4 Å². The van der Waals surface area contributed by atoms with Gasteiger partial charge in [0.2, 0.25) is 6.41 Å². The minimum absolute atomic E-state index is 0.272. The number of aryl methyl sites for hydroxylation is 1. The minimum atomic E-state index is -2.56. The van der Waals surface area contributed by atoms with E-state index >= 15 is 0 Å². The summed E-state index contributed by atoms with van der Waals surface area (Å²) in [5.41, 5.74) is 3.55. The molecule has 1 atom stereocenters. The van der Waals surface area contributed by atoms with E-state index < -0.39 is 13.0 Å². The van der Waals surface area contributed by atoms with Crippen molar-refractivity contribution in [3.8, 4) is 11.4 Å². The molecule has 146 valence electrons. The average Bonchev–Trinajstić information content (AvgIpc) is 3.22. The van der Waals surface area contributed by atoms with Crippen LogP contribution in [0.1, 0.15) is 24.1 Å². The summed E-state index contributed by atoms with van der Waals surface area (Å²) in [6.45, 7) is 3.22. The average molecular weight is 385 g/mol. The van der Waals surface area contributed by atoms with Crippen LogP contribution in [0.4, 0.5) is 14.5 Å². The second-order valence-electron chi connectivity index (χ2n) is 6.40. The third-order valence-corrected chi connectivity index (χ3v) is 4.52. The maximum atomic E-state index is 12.4. The van der Waals surface area contributed by atoms with E-state index in [1.54, 1.807) is 36.8 Å². The number of alkyl halides is 2. The molecule has 0 bridgehead atoms. The fraction of sp³-hybridized carbons (Fsp3) is 0.238. The minimum Gasteiger partial charge on any atom is -0.488 e. The number of carbonyl (C=O) groups is 1. The highest BCUT2D eigenvalue weighted by atomic mass is 19.3. The number of hydrogen-bond donors (Lipinski definition) is 0. The van der Waals surface area contributed by atoms with E-state index in [9.17, 15) is 13.6 Å². The van der Waals surface area contributed by atoms with E-state index in [2.05, 4.69) is 4.98 Å². The summed E-state index contributed by atoms with van der Waals surface area (Å²) >= 11 is 0. The molecule has 0 spiro atoms. The molecular formula is C21H21F2N3O2. The van der Waals surface area contributed by atoms with Crippen molar-refractivity contribution >= 4 is 12.1 Å². The van der Waals surface area contributed by atoms with Crippen LogP contribution in [0.5, 0.6) is 5.75 Å². The van der Waals surface area contributed by atoms with E-state index in [0.717, 1.165) is 23.2 Å². The number of anilines is 1. The van der Waals surface area contributed by atoms with Gasteiger partial charge in [-0.15, -0.1) is 0 Å². The number of carbonyl (C=O) groups excluding carboxylic acids is 1. The molecule has 0 unspecified atom stereocenters. The highest BCUT2D eigenvalue weighted by Crippen LogP contribution is 2.30. The Hall–Kier alpha value is -3.22. The second-order valence-corrected chi connectivity index (χ2v) is 6.40. The number of amides is 1. The van der Waals surface area contributed by atoms with Gasteiger partial charge in [-0.1, -0.05) is 18.2 Å². The molecule has 0 saturated carbocycles. The van der Waals surface area contributed by atoms with Crippen molar-refractivity contribution in [2.24, 2.45) is 0 Å². The van der Waals surface area contributed by atoms with Crippen LogP contribution in [0.2, 0.25) is 0 Å². The van der Waals surface area contributed by atoms with Crippen molar-refractivity contribution in [1.82, 2.24) is 9.55 Å². The maximum absolute atomic E-state index is 12.4. The Morgan fingerprint density at radius 1 is 1.25 bits per heavy atom. The highest BCUT2D eigenvalue weighted by molar-refractivity contribution is 5.77. The SMILES string of the molecule is Cc1ccc([C@H](C)N(C=O)c2cccc(OCC(F)F)c2)cc1-n1ccnc1. The van der Waals surface area contributed by atoms with Crippen molar-refractivity contribution < 1.29 is 18.3 Å². The highest BCUT2D eigenvalue weighted by Gasteiger charge is 2.18. The van der Waals surface area contributed by atoms with Gasteiger partial charge in [0, 0.05) is 29.8 Å². The van der Waals surface area contributed by atoms with Crippen molar-refractivity contribution in [3.05, 3.63) is 72.3 Å². The molecule has 2 aromatic carbocycles. The summed E-state index contributed by atoms with van der Waals surface area (Å²) in [5.74, 6) is 0.292. The molecule has 3 aromatic rings. The van der Waals surface area contributed by atoms with E-state index in [1.807, 2.05) is 42.8 Å². The van der Waals surface area contributed by atoms with Crippen molar-refractivity contribution in [2.75, 3.05) is 11.5 Å². The topological polar surface area (TPSA) is 47.4 Å². The zero-order valence-electron chi connectivity index (χ0n) is 15.6. The van der Waals surface area contributed by atoms with Crippen LogP contribution in [0.25, 0.3) is 5.69 Å². The lowest BCUT2D eigenvalue weighted by molar-refractivity contribution is -0.107. The van der Waals surface area contributed by atoms with Crippen LogP contribution >= 0.6 is 0 Å². The number of imidazole rings is 1. The normalized spacial score (nSPS) is 12.0. The standard InChI is InChI=1S/C21H21F2N3O2/c1-15-6-7-17(10-20(15)25-9-8-24-13-25)16(2)26(14-27)18-4-3-5-19(11-18)28-12-21(22)23/h3-11,13-14,16,21H,12H2,1-2H3/t16-/m0/s1. The van der Waals surface area contributed by atoms with E-state index in [-0.39, 0.29) is 6.04 Å². The molecule has 0 aliphatic heterocycles. The zero-order valence-corrected chi connectivity index (χ0v) is 15.6. The van der Waals surface area contributed by atoms with Crippen LogP contribution in [0, 0.1) is 6.92 Å². The number of nitrogens with zero attached hydrogens (tertiary/aromatic N) is 3. The Morgan fingerprint density at radius 2 is 2.07 bits per heavy atom. The van der Waals surface area contributed by atoms with Gasteiger partial charge in [0.05, 0.1) is 12.4 Å². The lowest BCUT2D eigenvalue weighted by atomic mass is 10.0. The fourth-order valence-corrected chi connectivity index (χ4v) is 3.00. The summed E-state index contributed by atoms with van der Waals surface area (Å²) < 4.78 is 31.7. The van der Waals surface area contributed by atoms with Gasteiger partial charge in [-0.3, -0.25) is 4.79 Å². The Kier molecular flexibility index (Phi) is 6.03. The third kappa shape index (κ3) is 4.36. The number of hydrogen-bond acceptors (Lipinski definition) is 3. The van der Waals surface area contributed by atoms with Gasteiger partial charge < -0.3 is 14.2 Å². The first-order valence-corrected chi connectivity index (χ1v) is 8.83. The molecule has 0 aliphatic carbocycles. The largest absolute Gasteiger partial charge is 0.488 e. The van der Waals surface area contributed by atoms with Crippen LogP contribution < -0.4 is 9.64 Å². The zero-order chi connectivity index (χ0) is 20.1. The monoisotopic (exact) mass is 385 g/mol. The Balaban J connectivity index is 1.88. The van der Waals surface area contributed by atoms with Crippen LogP contribution in [0.15, 0.2) is 61.2 Å². The molecule has 0 saturated heterocycles. The molecule has 0 fully saturated rings. The molecule has 3 rings (SSSR count). The van der Waals surface area contributed by atoms with Crippen LogP contribution in [-0.4, -0.2) is 29.0 Å². The first-order chi connectivity index (χ1) is 13.5. The summed E-state index contributed by atoms with van der Waals surface area (Å²) in [7, 11) is 0. The lowest BCUT2D eigenvalue weighted by Gasteiger charge is -2.26. The lowest BCUT2D eigenvalue weighted by Crippen LogP contribution is -2.25. The number of benzene rings is 2. The molecule has 1 aromatic heterocycles. The molecule has 0 N–H and O–H groups in total. The van der Waals surface area contributed by atoms with Gasteiger partial charge >= 0.3 is 0 Å². The van der Waals surface area contributed by atoms with Gasteiger partial charge in [-0.25, -0.2) is 13.8 Å². The second kappa shape index (κ2) is 8.65. The summed E-state index contributed by atoms with van der Waals surface area (Å²) in [6.07, 6.45) is 3.46. The third-order valence-electron chi connectivity index (χ3n) is 4.52. The molecule has 0 aliphatic rings. The Bertz CT molecular complexity index is 929. The molecular weight excluding hydrogens is 364 g/mol. The van der Waals surface area contributed by atoms with E-state index in [1.165, 1.54) is 4.90 Å². The van der Waals surface area contributed by atoms with E-state index in [0.29, 0.717) is 11.4 Å².